The third kappa shape index (κ3) is 2.90. The van der Waals surface area contributed by atoms with Crippen molar-refractivity contribution in [3.63, 3.8) is 0 Å². The molecule has 1 aromatic carbocycles. The Balaban J connectivity index is 2.37. The van der Waals surface area contributed by atoms with E-state index in [0.717, 1.165) is 16.5 Å². The van der Waals surface area contributed by atoms with E-state index < -0.39 is 12.0 Å². The molecule has 112 valence electrons. The summed E-state index contributed by atoms with van der Waals surface area (Å²) in [7, 11) is 1.81. The molecule has 2 rings (SSSR count). The quantitative estimate of drug-likeness (QED) is 0.886. The second-order valence-electron chi connectivity index (χ2n) is 4.87. The smallest absolute Gasteiger partial charge is 0.327 e. The predicted octanol–water partition coefficient (Wildman–Crippen LogP) is 2.03. The molecule has 0 saturated carbocycles. The standard InChI is InChI=1S/C15H18N2O3S/c1-9-10-6-4-5-7-12(10)17(2)13(9)14(18)16-11(8-21-3)15(19)20/h4-7,11H,8H2,1-3H3,(H,16,18)(H,19,20)/t11-/m0/s1. The van der Waals surface area contributed by atoms with Crippen molar-refractivity contribution in [1.29, 1.82) is 0 Å². The van der Waals surface area contributed by atoms with Crippen molar-refractivity contribution in [3.8, 4) is 0 Å². The highest BCUT2D eigenvalue weighted by molar-refractivity contribution is 7.98. The summed E-state index contributed by atoms with van der Waals surface area (Å²) in [6.45, 7) is 1.88. The minimum atomic E-state index is -1.02. The monoisotopic (exact) mass is 306 g/mol. The van der Waals surface area contributed by atoms with Crippen LogP contribution in [-0.2, 0) is 11.8 Å². The Morgan fingerprint density at radius 1 is 1.38 bits per heavy atom. The Hall–Kier alpha value is -1.95. The second kappa shape index (κ2) is 6.22. The van der Waals surface area contributed by atoms with Crippen LogP contribution in [0.25, 0.3) is 10.9 Å². The molecular formula is C15H18N2O3S. The van der Waals surface area contributed by atoms with Crippen LogP contribution in [0.5, 0.6) is 0 Å². The van der Waals surface area contributed by atoms with Gasteiger partial charge in [-0.1, -0.05) is 18.2 Å². The number of para-hydroxylation sites is 1. The Morgan fingerprint density at radius 3 is 2.62 bits per heavy atom. The van der Waals surface area contributed by atoms with E-state index >= 15 is 0 Å². The van der Waals surface area contributed by atoms with Crippen molar-refractivity contribution in [2.24, 2.45) is 7.05 Å². The number of nitrogens with zero attached hydrogens (tertiary/aromatic N) is 1. The number of fused-ring (bicyclic) bond motifs is 1. The zero-order chi connectivity index (χ0) is 15.6. The normalized spacial score (nSPS) is 12.3. The highest BCUT2D eigenvalue weighted by Crippen LogP contribution is 2.24. The number of thioether (sulfide) groups is 1. The van der Waals surface area contributed by atoms with Crippen molar-refractivity contribution < 1.29 is 14.7 Å². The Bertz CT molecular complexity index is 655. The molecule has 0 fully saturated rings. The summed E-state index contributed by atoms with van der Waals surface area (Å²) >= 11 is 1.39. The van der Waals surface area contributed by atoms with Crippen LogP contribution in [0.15, 0.2) is 24.3 Å². The molecule has 0 aliphatic carbocycles. The highest BCUT2D eigenvalue weighted by atomic mass is 32.2. The van der Waals surface area contributed by atoms with E-state index in [1.54, 1.807) is 4.57 Å². The first-order valence-electron chi connectivity index (χ1n) is 6.54. The fraction of sp³-hybridized carbons (Fsp3) is 0.333. The summed E-state index contributed by atoms with van der Waals surface area (Å²) in [5.74, 6) is -1.04. The van der Waals surface area contributed by atoms with Crippen LogP contribution in [0, 0.1) is 6.92 Å². The molecule has 1 amide bonds. The molecule has 0 aliphatic rings. The van der Waals surface area contributed by atoms with E-state index in [1.165, 1.54) is 11.8 Å². The highest BCUT2D eigenvalue weighted by Gasteiger charge is 2.24. The summed E-state index contributed by atoms with van der Waals surface area (Å²) in [6, 6.07) is 6.85. The molecule has 0 aliphatic heterocycles. The summed E-state index contributed by atoms with van der Waals surface area (Å²) in [4.78, 5) is 23.6. The molecule has 1 heterocycles. The fourth-order valence-electron chi connectivity index (χ4n) is 2.47. The van der Waals surface area contributed by atoms with Crippen molar-refractivity contribution >= 4 is 34.5 Å². The Morgan fingerprint density at radius 2 is 2.05 bits per heavy atom. The number of hydrogen-bond acceptors (Lipinski definition) is 3. The van der Waals surface area contributed by atoms with Gasteiger partial charge in [0.2, 0.25) is 0 Å². The number of rotatable bonds is 5. The first kappa shape index (κ1) is 15.4. The number of aryl methyl sites for hydroxylation is 2. The first-order valence-corrected chi connectivity index (χ1v) is 7.93. The summed E-state index contributed by atoms with van der Waals surface area (Å²) in [6.07, 6.45) is 1.81. The summed E-state index contributed by atoms with van der Waals surface area (Å²) in [5, 5.41) is 12.7. The van der Waals surface area contributed by atoms with Crippen LogP contribution in [0.2, 0.25) is 0 Å². The molecule has 0 unspecified atom stereocenters. The predicted molar refractivity (Wildman–Crippen MR) is 84.9 cm³/mol. The van der Waals surface area contributed by atoms with E-state index in [1.807, 2.05) is 44.5 Å². The molecule has 0 saturated heterocycles. The van der Waals surface area contributed by atoms with Gasteiger partial charge in [0.1, 0.15) is 11.7 Å². The van der Waals surface area contributed by atoms with Gasteiger partial charge in [-0.25, -0.2) is 4.79 Å². The molecule has 2 aromatic rings. The maximum atomic E-state index is 12.4. The molecule has 1 aromatic heterocycles. The lowest BCUT2D eigenvalue weighted by Crippen LogP contribution is -2.43. The summed E-state index contributed by atoms with van der Waals surface area (Å²) < 4.78 is 1.80. The van der Waals surface area contributed by atoms with Crippen LogP contribution in [0.3, 0.4) is 0 Å². The van der Waals surface area contributed by atoms with Crippen LogP contribution >= 0.6 is 11.8 Å². The zero-order valence-corrected chi connectivity index (χ0v) is 13.0. The van der Waals surface area contributed by atoms with E-state index in [9.17, 15) is 9.59 Å². The average Bonchev–Trinajstić information content (AvgIpc) is 2.71. The molecule has 1 atom stereocenters. The van der Waals surface area contributed by atoms with Gasteiger partial charge in [0.05, 0.1) is 0 Å². The molecule has 2 N–H and O–H groups in total. The van der Waals surface area contributed by atoms with E-state index in [2.05, 4.69) is 5.32 Å². The Kier molecular flexibility index (Phi) is 4.57. The lowest BCUT2D eigenvalue weighted by atomic mass is 10.1. The molecular weight excluding hydrogens is 288 g/mol. The van der Waals surface area contributed by atoms with Crippen LogP contribution < -0.4 is 5.32 Å². The van der Waals surface area contributed by atoms with E-state index in [0.29, 0.717) is 11.4 Å². The van der Waals surface area contributed by atoms with Gasteiger partial charge in [-0.15, -0.1) is 0 Å². The number of aliphatic carboxylic acids is 1. The number of aromatic nitrogens is 1. The van der Waals surface area contributed by atoms with Crippen LogP contribution in [-0.4, -0.2) is 39.6 Å². The largest absolute Gasteiger partial charge is 0.480 e. The number of nitrogens with one attached hydrogen (secondary N) is 1. The van der Waals surface area contributed by atoms with Gasteiger partial charge in [0, 0.05) is 23.7 Å². The topological polar surface area (TPSA) is 71.3 Å². The maximum absolute atomic E-state index is 12.4. The number of carbonyl (C=O) groups is 2. The van der Waals surface area contributed by atoms with Gasteiger partial charge in [-0.2, -0.15) is 11.8 Å². The fourth-order valence-corrected chi connectivity index (χ4v) is 3.03. The molecule has 6 heteroatoms. The lowest BCUT2D eigenvalue weighted by Gasteiger charge is -2.14. The number of carbonyl (C=O) groups excluding carboxylic acids is 1. The number of carboxylic acid groups (broad SMARTS) is 1. The van der Waals surface area contributed by atoms with Crippen molar-refractivity contribution in [1.82, 2.24) is 9.88 Å². The van der Waals surface area contributed by atoms with Crippen molar-refractivity contribution in [3.05, 3.63) is 35.5 Å². The number of hydrogen-bond donors (Lipinski definition) is 2. The van der Waals surface area contributed by atoms with Crippen molar-refractivity contribution in [2.45, 2.75) is 13.0 Å². The zero-order valence-electron chi connectivity index (χ0n) is 12.2. The lowest BCUT2D eigenvalue weighted by molar-refractivity contribution is -0.138. The third-order valence-electron chi connectivity index (χ3n) is 3.51. The third-order valence-corrected chi connectivity index (χ3v) is 4.18. The van der Waals surface area contributed by atoms with Gasteiger partial charge >= 0.3 is 5.97 Å². The molecule has 0 spiro atoms. The van der Waals surface area contributed by atoms with Gasteiger partial charge in [0.25, 0.3) is 5.91 Å². The molecule has 0 bridgehead atoms. The van der Waals surface area contributed by atoms with Crippen LogP contribution in [0.4, 0.5) is 0 Å². The first-order chi connectivity index (χ1) is 9.97. The second-order valence-corrected chi connectivity index (χ2v) is 5.78. The van der Waals surface area contributed by atoms with E-state index in [-0.39, 0.29) is 5.91 Å². The van der Waals surface area contributed by atoms with Gasteiger partial charge in [-0.3, -0.25) is 4.79 Å². The minimum Gasteiger partial charge on any atom is -0.480 e. The molecule has 0 radical (unpaired) electrons. The molecule has 5 nitrogen and oxygen atoms in total. The Labute approximate surface area is 127 Å². The molecule has 21 heavy (non-hydrogen) atoms. The average molecular weight is 306 g/mol. The number of amides is 1. The SMILES string of the molecule is CSC[C@H](NC(=O)c1c(C)c2ccccc2n1C)C(=O)O. The minimum absolute atomic E-state index is 0.337. The van der Waals surface area contributed by atoms with E-state index in [4.69, 9.17) is 5.11 Å². The summed E-state index contributed by atoms with van der Waals surface area (Å²) in [5.41, 5.74) is 2.32. The van der Waals surface area contributed by atoms with Gasteiger partial charge in [-0.05, 0) is 24.8 Å². The van der Waals surface area contributed by atoms with Gasteiger partial charge in [0.15, 0.2) is 0 Å². The number of benzene rings is 1. The maximum Gasteiger partial charge on any atom is 0.327 e. The van der Waals surface area contributed by atoms with Gasteiger partial charge < -0.3 is 15.0 Å². The van der Waals surface area contributed by atoms with Crippen LogP contribution in [0.1, 0.15) is 16.1 Å². The number of carboxylic acids is 1. The van der Waals surface area contributed by atoms with Crippen molar-refractivity contribution in [2.75, 3.05) is 12.0 Å².